The zero-order valence-corrected chi connectivity index (χ0v) is 16.5. The van der Waals surface area contributed by atoms with Gasteiger partial charge in [0.25, 0.3) is 5.91 Å². The lowest BCUT2D eigenvalue weighted by Crippen LogP contribution is -2.26. The minimum atomic E-state index is -4.48. The van der Waals surface area contributed by atoms with E-state index < -0.39 is 30.0 Å². The van der Waals surface area contributed by atoms with E-state index in [4.69, 9.17) is 10.5 Å². The van der Waals surface area contributed by atoms with Gasteiger partial charge in [0.1, 0.15) is 29.7 Å². The first-order valence-electron chi connectivity index (χ1n) is 9.25. The summed E-state index contributed by atoms with van der Waals surface area (Å²) in [5, 5.41) is 2.58. The zero-order valence-electron chi connectivity index (χ0n) is 16.5. The first-order valence-corrected chi connectivity index (χ1v) is 9.25. The Morgan fingerprint density at radius 2 is 2.10 bits per heavy atom. The molecule has 0 fully saturated rings. The van der Waals surface area contributed by atoms with Crippen molar-refractivity contribution in [3.05, 3.63) is 53.6 Å². The van der Waals surface area contributed by atoms with Crippen molar-refractivity contribution in [2.45, 2.75) is 25.1 Å². The SMILES string of the molecule is C[C@@]1(c2cc(NC(=O)c3ccc(OCC(F)(F)F)cn3)ccc2F)CCOCC(N)=N1. The molecule has 2 aromatic rings. The van der Waals surface area contributed by atoms with E-state index in [2.05, 4.69) is 20.0 Å². The number of aromatic nitrogens is 1. The van der Waals surface area contributed by atoms with Crippen LogP contribution in [0.2, 0.25) is 0 Å². The Balaban J connectivity index is 1.75. The highest BCUT2D eigenvalue weighted by molar-refractivity contribution is 6.02. The summed E-state index contributed by atoms with van der Waals surface area (Å²) in [6.07, 6.45) is -3.07. The van der Waals surface area contributed by atoms with E-state index in [1.807, 2.05) is 0 Å². The molecule has 1 aliphatic heterocycles. The van der Waals surface area contributed by atoms with E-state index in [9.17, 15) is 22.4 Å². The molecule has 1 amide bonds. The Bertz CT molecular complexity index is 979. The van der Waals surface area contributed by atoms with Gasteiger partial charge in [-0.15, -0.1) is 0 Å². The molecule has 0 radical (unpaired) electrons. The Hall–Kier alpha value is -3.21. The number of rotatable bonds is 5. The molecule has 0 aliphatic carbocycles. The number of carbonyl (C=O) groups excluding carboxylic acids is 1. The van der Waals surface area contributed by atoms with Crippen LogP contribution in [0.5, 0.6) is 5.75 Å². The summed E-state index contributed by atoms with van der Waals surface area (Å²) >= 11 is 0. The fourth-order valence-corrected chi connectivity index (χ4v) is 3.02. The van der Waals surface area contributed by atoms with Gasteiger partial charge in [0.05, 0.1) is 11.7 Å². The van der Waals surface area contributed by atoms with Crippen molar-refractivity contribution in [1.82, 2.24) is 4.98 Å². The minimum absolute atomic E-state index is 0.0541. The molecule has 0 saturated carbocycles. The van der Waals surface area contributed by atoms with Crippen molar-refractivity contribution in [3.8, 4) is 5.75 Å². The lowest BCUT2D eigenvalue weighted by atomic mass is 9.88. The third kappa shape index (κ3) is 5.91. The fraction of sp³-hybridized carbons (Fsp3) is 0.350. The summed E-state index contributed by atoms with van der Waals surface area (Å²) in [5.74, 6) is -1.02. The second-order valence-electron chi connectivity index (χ2n) is 7.11. The monoisotopic (exact) mass is 440 g/mol. The third-order valence-electron chi connectivity index (χ3n) is 4.55. The molecule has 1 aromatic carbocycles. The number of benzene rings is 1. The van der Waals surface area contributed by atoms with Gasteiger partial charge in [-0.1, -0.05) is 0 Å². The van der Waals surface area contributed by atoms with Gasteiger partial charge in [-0.05, 0) is 43.7 Å². The number of nitrogens with zero attached hydrogens (tertiary/aromatic N) is 2. The Morgan fingerprint density at radius 1 is 1.32 bits per heavy atom. The molecule has 1 atom stereocenters. The van der Waals surface area contributed by atoms with E-state index >= 15 is 0 Å². The highest BCUT2D eigenvalue weighted by atomic mass is 19.4. The summed E-state index contributed by atoms with van der Waals surface area (Å²) in [6, 6.07) is 6.46. The molecule has 0 unspecified atom stereocenters. The van der Waals surface area contributed by atoms with Crippen molar-refractivity contribution in [3.63, 3.8) is 0 Å². The summed E-state index contributed by atoms with van der Waals surface area (Å²) in [6.45, 7) is 0.751. The molecule has 1 aromatic heterocycles. The molecule has 7 nitrogen and oxygen atoms in total. The maximum atomic E-state index is 14.6. The maximum Gasteiger partial charge on any atom is 0.422 e. The topological polar surface area (TPSA) is 98.8 Å². The van der Waals surface area contributed by atoms with Crippen molar-refractivity contribution in [2.24, 2.45) is 10.7 Å². The average Bonchev–Trinajstić information content (AvgIpc) is 2.88. The summed E-state index contributed by atoms with van der Waals surface area (Å²) in [4.78, 5) is 20.6. The highest BCUT2D eigenvalue weighted by Gasteiger charge is 2.31. The van der Waals surface area contributed by atoms with E-state index in [0.717, 1.165) is 6.20 Å². The van der Waals surface area contributed by atoms with E-state index in [-0.39, 0.29) is 29.4 Å². The van der Waals surface area contributed by atoms with Crippen LogP contribution in [0.1, 0.15) is 29.4 Å². The quantitative estimate of drug-likeness (QED) is 0.695. The number of pyridine rings is 1. The molecule has 0 spiro atoms. The van der Waals surface area contributed by atoms with Gasteiger partial charge in [0, 0.05) is 17.9 Å². The van der Waals surface area contributed by atoms with Crippen molar-refractivity contribution >= 4 is 17.4 Å². The number of hydrogen-bond donors (Lipinski definition) is 2. The molecule has 3 N–H and O–H groups in total. The molecule has 0 bridgehead atoms. The average molecular weight is 440 g/mol. The number of ether oxygens (including phenoxy) is 2. The molecule has 11 heteroatoms. The van der Waals surface area contributed by atoms with Crippen LogP contribution >= 0.6 is 0 Å². The fourth-order valence-electron chi connectivity index (χ4n) is 3.02. The molecular formula is C20H20F4N4O3. The van der Waals surface area contributed by atoms with Crippen LogP contribution < -0.4 is 15.8 Å². The van der Waals surface area contributed by atoms with Gasteiger partial charge in [0.2, 0.25) is 0 Å². The van der Waals surface area contributed by atoms with Crippen LogP contribution in [0, 0.1) is 5.82 Å². The number of halogens is 4. The smallest absolute Gasteiger partial charge is 0.422 e. The normalized spacial score (nSPS) is 19.3. The Labute approximate surface area is 175 Å². The third-order valence-corrected chi connectivity index (χ3v) is 4.55. The predicted molar refractivity (Wildman–Crippen MR) is 105 cm³/mol. The molecule has 31 heavy (non-hydrogen) atoms. The highest BCUT2D eigenvalue weighted by Crippen LogP contribution is 2.34. The molecule has 166 valence electrons. The number of alkyl halides is 3. The number of hydrogen-bond acceptors (Lipinski definition) is 6. The summed E-state index contributed by atoms with van der Waals surface area (Å²) in [5.41, 5.74) is 5.31. The van der Waals surface area contributed by atoms with Gasteiger partial charge in [-0.2, -0.15) is 13.2 Å². The minimum Gasteiger partial charge on any atom is -0.483 e. The van der Waals surface area contributed by atoms with Gasteiger partial charge in [0.15, 0.2) is 6.61 Å². The van der Waals surface area contributed by atoms with Crippen LogP contribution in [-0.2, 0) is 10.3 Å². The van der Waals surface area contributed by atoms with Crippen molar-refractivity contribution in [2.75, 3.05) is 25.1 Å². The van der Waals surface area contributed by atoms with Crippen LogP contribution in [-0.4, -0.2) is 42.7 Å². The number of aliphatic imine (C=N–C) groups is 1. The number of amides is 1. The first kappa shape index (κ1) is 22.5. The first-order chi connectivity index (χ1) is 14.6. The number of nitrogens with two attached hydrogens (primary N) is 1. The van der Waals surface area contributed by atoms with Crippen LogP contribution in [0.4, 0.5) is 23.2 Å². The number of nitrogens with one attached hydrogen (secondary N) is 1. The number of anilines is 1. The summed E-state index contributed by atoms with van der Waals surface area (Å²) < 4.78 is 61.0. The second kappa shape index (κ2) is 8.88. The molecular weight excluding hydrogens is 420 g/mol. The van der Waals surface area contributed by atoms with Crippen molar-refractivity contribution < 1.29 is 31.8 Å². The van der Waals surface area contributed by atoms with E-state index in [0.29, 0.717) is 18.7 Å². The molecule has 2 heterocycles. The summed E-state index contributed by atoms with van der Waals surface area (Å²) in [7, 11) is 0. The second-order valence-corrected chi connectivity index (χ2v) is 7.11. The maximum absolute atomic E-state index is 14.6. The number of amidine groups is 1. The van der Waals surface area contributed by atoms with Gasteiger partial charge in [-0.25, -0.2) is 9.37 Å². The molecule has 1 aliphatic rings. The van der Waals surface area contributed by atoms with Gasteiger partial charge < -0.3 is 20.5 Å². The van der Waals surface area contributed by atoms with Crippen LogP contribution in [0.3, 0.4) is 0 Å². The van der Waals surface area contributed by atoms with E-state index in [1.54, 1.807) is 6.92 Å². The van der Waals surface area contributed by atoms with Gasteiger partial charge >= 0.3 is 6.18 Å². The van der Waals surface area contributed by atoms with Crippen molar-refractivity contribution in [1.29, 1.82) is 0 Å². The number of carbonyl (C=O) groups is 1. The standard InChI is InChI=1S/C20H20F4N4O3/c1-19(6-7-30-10-17(25)28-19)14-8-12(2-4-15(14)21)27-18(29)16-5-3-13(9-26-16)31-11-20(22,23)24/h2-5,8-9H,6-7,10-11H2,1H3,(H2,25,28)(H,27,29)/t19-/m0/s1. The lowest BCUT2D eigenvalue weighted by Gasteiger charge is -2.25. The molecule has 3 rings (SSSR count). The van der Waals surface area contributed by atoms with E-state index in [1.165, 1.54) is 30.3 Å². The van der Waals surface area contributed by atoms with Gasteiger partial charge in [-0.3, -0.25) is 9.79 Å². The Kier molecular flexibility index (Phi) is 6.44. The lowest BCUT2D eigenvalue weighted by molar-refractivity contribution is -0.153. The van der Waals surface area contributed by atoms with Crippen LogP contribution in [0.25, 0.3) is 0 Å². The molecule has 0 saturated heterocycles. The zero-order chi connectivity index (χ0) is 22.6. The van der Waals surface area contributed by atoms with Crippen LogP contribution in [0.15, 0.2) is 41.5 Å². The Morgan fingerprint density at radius 3 is 2.77 bits per heavy atom. The predicted octanol–water partition coefficient (Wildman–Crippen LogP) is 3.41. The largest absolute Gasteiger partial charge is 0.483 e.